The number of anilines is 1. The van der Waals surface area contributed by atoms with Gasteiger partial charge in [-0.1, -0.05) is 17.4 Å². The third kappa shape index (κ3) is 4.29. The Kier molecular flexibility index (Phi) is 5.50. The SMILES string of the molecule is COc1ccc(OCc2nnc(NC(=O)c3ccc4c(c3)CCNC4)s2)cc1. The van der Waals surface area contributed by atoms with Crippen molar-refractivity contribution in [1.82, 2.24) is 15.5 Å². The van der Waals surface area contributed by atoms with E-state index >= 15 is 0 Å². The fourth-order valence-corrected chi connectivity index (χ4v) is 3.62. The van der Waals surface area contributed by atoms with Crippen molar-refractivity contribution in [2.75, 3.05) is 19.0 Å². The number of nitrogens with one attached hydrogen (secondary N) is 2. The molecule has 0 radical (unpaired) electrons. The standard InChI is InChI=1S/C20H20N4O3S/c1-26-16-4-6-17(7-5-16)27-12-18-23-24-20(28-18)22-19(25)14-2-3-15-11-21-9-8-13(15)10-14/h2-7,10,21H,8-9,11-12H2,1H3,(H,22,24,25). The highest BCUT2D eigenvalue weighted by atomic mass is 32.1. The van der Waals surface area contributed by atoms with E-state index in [1.54, 1.807) is 7.11 Å². The van der Waals surface area contributed by atoms with Crippen molar-refractivity contribution >= 4 is 22.4 Å². The lowest BCUT2D eigenvalue weighted by Crippen LogP contribution is -2.24. The van der Waals surface area contributed by atoms with Crippen LogP contribution in [-0.4, -0.2) is 29.8 Å². The van der Waals surface area contributed by atoms with E-state index in [4.69, 9.17) is 9.47 Å². The molecular formula is C20H20N4O3S. The molecule has 7 nitrogen and oxygen atoms in total. The third-order valence-corrected chi connectivity index (χ3v) is 5.28. The van der Waals surface area contributed by atoms with Crippen molar-refractivity contribution in [2.45, 2.75) is 19.6 Å². The van der Waals surface area contributed by atoms with Crippen molar-refractivity contribution in [3.8, 4) is 11.5 Å². The zero-order valence-corrected chi connectivity index (χ0v) is 16.2. The number of fused-ring (bicyclic) bond motifs is 1. The lowest BCUT2D eigenvalue weighted by Gasteiger charge is -2.17. The van der Waals surface area contributed by atoms with Gasteiger partial charge in [-0.25, -0.2) is 0 Å². The number of methoxy groups -OCH3 is 1. The predicted octanol–water partition coefficient (Wildman–Crippen LogP) is 3.02. The van der Waals surface area contributed by atoms with Crippen LogP contribution in [0.5, 0.6) is 11.5 Å². The molecule has 3 aromatic rings. The number of nitrogens with zero attached hydrogens (tertiary/aromatic N) is 2. The molecule has 0 saturated carbocycles. The predicted molar refractivity (Wildman–Crippen MR) is 107 cm³/mol. The molecule has 4 rings (SSSR count). The minimum Gasteiger partial charge on any atom is -0.497 e. The fourth-order valence-electron chi connectivity index (χ4n) is 2.97. The quantitative estimate of drug-likeness (QED) is 0.666. The molecule has 2 aromatic carbocycles. The van der Waals surface area contributed by atoms with E-state index in [0.717, 1.165) is 25.3 Å². The van der Waals surface area contributed by atoms with Crippen LogP contribution in [0.15, 0.2) is 42.5 Å². The first-order valence-electron chi connectivity index (χ1n) is 8.94. The van der Waals surface area contributed by atoms with Crippen LogP contribution in [0, 0.1) is 0 Å². The number of ether oxygens (including phenoxy) is 2. The van der Waals surface area contributed by atoms with Crippen molar-refractivity contribution < 1.29 is 14.3 Å². The van der Waals surface area contributed by atoms with Crippen LogP contribution in [0.2, 0.25) is 0 Å². The highest BCUT2D eigenvalue weighted by molar-refractivity contribution is 7.15. The van der Waals surface area contributed by atoms with Gasteiger partial charge in [-0.15, -0.1) is 10.2 Å². The van der Waals surface area contributed by atoms with E-state index < -0.39 is 0 Å². The van der Waals surface area contributed by atoms with E-state index in [2.05, 4.69) is 20.8 Å². The van der Waals surface area contributed by atoms with Gasteiger partial charge in [-0.3, -0.25) is 10.1 Å². The van der Waals surface area contributed by atoms with Crippen LogP contribution in [0.3, 0.4) is 0 Å². The van der Waals surface area contributed by atoms with Crippen molar-refractivity contribution in [1.29, 1.82) is 0 Å². The molecule has 1 amide bonds. The van der Waals surface area contributed by atoms with Crippen LogP contribution in [0.1, 0.15) is 26.5 Å². The highest BCUT2D eigenvalue weighted by Crippen LogP contribution is 2.22. The van der Waals surface area contributed by atoms with Crippen molar-refractivity contribution in [2.24, 2.45) is 0 Å². The largest absolute Gasteiger partial charge is 0.497 e. The van der Waals surface area contributed by atoms with Crippen LogP contribution in [-0.2, 0) is 19.6 Å². The number of benzene rings is 2. The summed E-state index contributed by atoms with van der Waals surface area (Å²) in [5.41, 5.74) is 3.10. The Balaban J connectivity index is 1.35. The molecule has 0 unspecified atom stereocenters. The molecule has 28 heavy (non-hydrogen) atoms. The van der Waals surface area contributed by atoms with Gasteiger partial charge < -0.3 is 14.8 Å². The van der Waals surface area contributed by atoms with Gasteiger partial charge in [-0.05, 0) is 60.5 Å². The number of hydrogen-bond acceptors (Lipinski definition) is 7. The van der Waals surface area contributed by atoms with E-state index in [9.17, 15) is 4.79 Å². The Morgan fingerprint density at radius 3 is 2.79 bits per heavy atom. The first kappa shape index (κ1) is 18.4. The Morgan fingerprint density at radius 1 is 1.14 bits per heavy atom. The van der Waals surface area contributed by atoms with Gasteiger partial charge >= 0.3 is 0 Å². The van der Waals surface area contributed by atoms with Gasteiger partial charge in [0.1, 0.15) is 18.1 Å². The number of hydrogen-bond donors (Lipinski definition) is 2. The number of rotatable bonds is 6. The molecule has 0 fully saturated rings. The maximum atomic E-state index is 12.5. The van der Waals surface area contributed by atoms with Crippen LogP contribution < -0.4 is 20.1 Å². The van der Waals surface area contributed by atoms with Crippen LogP contribution in [0.4, 0.5) is 5.13 Å². The molecule has 0 bridgehead atoms. The van der Waals surface area contributed by atoms with Crippen molar-refractivity contribution in [3.05, 3.63) is 64.2 Å². The van der Waals surface area contributed by atoms with Crippen LogP contribution >= 0.6 is 11.3 Å². The van der Waals surface area contributed by atoms with Gasteiger partial charge in [0.2, 0.25) is 5.13 Å². The summed E-state index contributed by atoms with van der Waals surface area (Å²) < 4.78 is 10.8. The molecule has 1 aromatic heterocycles. The van der Waals surface area contributed by atoms with Gasteiger partial charge in [0.15, 0.2) is 5.01 Å². The summed E-state index contributed by atoms with van der Waals surface area (Å²) in [4.78, 5) is 12.5. The molecular weight excluding hydrogens is 376 g/mol. The smallest absolute Gasteiger partial charge is 0.257 e. The van der Waals surface area contributed by atoms with E-state index in [1.807, 2.05) is 42.5 Å². The molecule has 1 aliphatic heterocycles. The lowest BCUT2D eigenvalue weighted by molar-refractivity contribution is 0.102. The third-order valence-electron chi connectivity index (χ3n) is 4.46. The zero-order valence-electron chi connectivity index (χ0n) is 15.4. The second kappa shape index (κ2) is 8.37. The van der Waals surface area contributed by atoms with E-state index in [1.165, 1.54) is 22.5 Å². The average molecular weight is 396 g/mol. The van der Waals surface area contributed by atoms with Gasteiger partial charge in [0.05, 0.1) is 7.11 Å². The lowest BCUT2D eigenvalue weighted by atomic mass is 9.98. The maximum absolute atomic E-state index is 12.5. The minimum atomic E-state index is -0.180. The summed E-state index contributed by atoms with van der Waals surface area (Å²) in [6, 6.07) is 13.1. The second-order valence-electron chi connectivity index (χ2n) is 6.33. The molecule has 0 spiro atoms. The molecule has 0 aliphatic carbocycles. The fraction of sp³-hybridized carbons (Fsp3) is 0.250. The van der Waals surface area contributed by atoms with Gasteiger partial charge in [0, 0.05) is 12.1 Å². The number of carbonyl (C=O) groups excluding carboxylic acids is 1. The van der Waals surface area contributed by atoms with Crippen molar-refractivity contribution in [3.63, 3.8) is 0 Å². The Hall–Kier alpha value is -2.97. The molecule has 0 saturated heterocycles. The average Bonchev–Trinajstić information content (AvgIpc) is 3.19. The maximum Gasteiger partial charge on any atom is 0.257 e. The Bertz CT molecular complexity index is 972. The number of carbonyl (C=O) groups is 1. The summed E-state index contributed by atoms with van der Waals surface area (Å²) in [7, 11) is 1.62. The Morgan fingerprint density at radius 2 is 1.96 bits per heavy atom. The monoisotopic (exact) mass is 396 g/mol. The first-order valence-corrected chi connectivity index (χ1v) is 9.76. The topological polar surface area (TPSA) is 85.4 Å². The summed E-state index contributed by atoms with van der Waals surface area (Å²) in [6.45, 7) is 2.07. The summed E-state index contributed by atoms with van der Waals surface area (Å²) >= 11 is 1.30. The number of aromatic nitrogens is 2. The summed E-state index contributed by atoms with van der Waals surface area (Å²) in [5, 5.41) is 15.4. The highest BCUT2D eigenvalue weighted by Gasteiger charge is 2.14. The van der Waals surface area contributed by atoms with E-state index in [0.29, 0.717) is 21.5 Å². The minimum absolute atomic E-state index is 0.180. The summed E-state index contributed by atoms with van der Waals surface area (Å²) in [5.74, 6) is 1.30. The molecule has 2 heterocycles. The molecule has 144 valence electrons. The molecule has 2 N–H and O–H groups in total. The van der Waals surface area contributed by atoms with Gasteiger partial charge in [0.25, 0.3) is 5.91 Å². The second-order valence-corrected chi connectivity index (χ2v) is 7.39. The molecule has 1 aliphatic rings. The number of amides is 1. The zero-order chi connectivity index (χ0) is 19.3. The first-order chi connectivity index (χ1) is 13.7. The Labute approximate surface area is 166 Å². The molecule has 8 heteroatoms. The summed E-state index contributed by atoms with van der Waals surface area (Å²) in [6.07, 6.45) is 0.933. The van der Waals surface area contributed by atoms with E-state index in [-0.39, 0.29) is 12.5 Å². The molecule has 0 atom stereocenters. The van der Waals surface area contributed by atoms with Gasteiger partial charge in [-0.2, -0.15) is 0 Å². The normalized spacial score (nSPS) is 12.9. The van der Waals surface area contributed by atoms with Crippen LogP contribution in [0.25, 0.3) is 0 Å².